The second-order valence-corrected chi connectivity index (χ2v) is 7.36. The Bertz CT molecular complexity index is 1190. The lowest BCUT2D eigenvalue weighted by molar-refractivity contribution is -0.384. The first-order chi connectivity index (χ1) is 15.0. The molecule has 0 aliphatic carbocycles. The van der Waals surface area contributed by atoms with Crippen LogP contribution in [0.2, 0.25) is 0 Å². The number of rotatable bonds is 6. The van der Waals surface area contributed by atoms with E-state index in [9.17, 15) is 14.9 Å². The molecule has 31 heavy (non-hydrogen) atoms. The molecule has 11 heteroatoms. The highest BCUT2D eigenvalue weighted by Gasteiger charge is 2.36. The maximum atomic E-state index is 12.8. The molecule has 2 aromatic carbocycles. The maximum Gasteiger partial charge on any atom is 0.282 e. The van der Waals surface area contributed by atoms with E-state index in [4.69, 9.17) is 4.74 Å². The van der Waals surface area contributed by atoms with Gasteiger partial charge in [0.05, 0.1) is 29.1 Å². The molecule has 1 unspecified atom stereocenters. The fourth-order valence-corrected chi connectivity index (χ4v) is 3.64. The van der Waals surface area contributed by atoms with Crippen molar-refractivity contribution in [2.45, 2.75) is 13.0 Å². The number of hydrazone groups is 1. The van der Waals surface area contributed by atoms with Crippen molar-refractivity contribution >= 4 is 39.5 Å². The molecule has 2 heterocycles. The van der Waals surface area contributed by atoms with Gasteiger partial charge in [0.25, 0.3) is 11.6 Å². The number of carbonyl (C=O) groups excluding carboxylic acids is 1. The van der Waals surface area contributed by atoms with E-state index in [1.54, 1.807) is 14.0 Å². The lowest BCUT2D eigenvalue weighted by atomic mass is 10.2. The fourth-order valence-electron chi connectivity index (χ4n) is 2.85. The Labute approximate surface area is 180 Å². The molecular weight excluding hydrogens is 420 g/mol. The zero-order valence-electron chi connectivity index (χ0n) is 16.5. The smallest absolute Gasteiger partial charge is 0.282 e. The average molecular weight is 436 g/mol. The maximum absolute atomic E-state index is 12.8. The summed E-state index contributed by atoms with van der Waals surface area (Å²) >= 11 is 1.30. The summed E-state index contributed by atoms with van der Waals surface area (Å²) in [5, 5.41) is 26.7. The Kier molecular flexibility index (Phi) is 5.50. The minimum atomic E-state index is -0.872. The molecule has 1 aliphatic rings. The Balaban J connectivity index is 1.50. The molecule has 0 radical (unpaired) electrons. The van der Waals surface area contributed by atoms with Crippen molar-refractivity contribution < 1.29 is 14.5 Å². The number of methoxy groups -OCH3 is 1. The van der Waals surface area contributed by atoms with Crippen molar-refractivity contribution in [3.63, 3.8) is 0 Å². The largest absolute Gasteiger partial charge is 0.497 e. The number of non-ortho nitro benzene ring substituents is 1. The van der Waals surface area contributed by atoms with Gasteiger partial charge in [0.1, 0.15) is 5.75 Å². The van der Waals surface area contributed by atoms with Crippen molar-refractivity contribution in [2.75, 3.05) is 12.1 Å². The van der Waals surface area contributed by atoms with Gasteiger partial charge >= 0.3 is 0 Å². The number of aromatic nitrogens is 1. The van der Waals surface area contributed by atoms with Crippen LogP contribution in [0.25, 0.3) is 11.3 Å². The zero-order chi connectivity index (χ0) is 22.0. The third kappa shape index (κ3) is 4.16. The number of carbonyl (C=O) groups is 1. The molecule has 3 aromatic rings. The first-order valence-electron chi connectivity index (χ1n) is 9.10. The van der Waals surface area contributed by atoms with Gasteiger partial charge in [-0.1, -0.05) is 0 Å². The second kappa shape index (κ2) is 8.40. The van der Waals surface area contributed by atoms with E-state index in [2.05, 4.69) is 20.3 Å². The number of hydrogen-bond acceptors (Lipinski definition) is 9. The second-order valence-electron chi connectivity index (χ2n) is 6.53. The highest BCUT2D eigenvalue weighted by atomic mass is 32.1. The number of thiazole rings is 1. The monoisotopic (exact) mass is 436 g/mol. The fraction of sp³-hybridized carbons (Fsp3) is 0.150. The highest BCUT2D eigenvalue weighted by Crippen LogP contribution is 2.31. The van der Waals surface area contributed by atoms with Gasteiger partial charge in [-0.2, -0.15) is 20.3 Å². The van der Waals surface area contributed by atoms with E-state index in [-0.39, 0.29) is 11.6 Å². The van der Waals surface area contributed by atoms with Gasteiger partial charge in [0.15, 0.2) is 6.04 Å². The van der Waals surface area contributed by atoms with Gasteiger partial charge in [-0.05, 0) is 43.3 Å². The number of amides is 1. The summed E-state index contributed by atoms with van der Waals surface area (Å²) < 4.78 is 5.16. The van der Waals surface area contributed by atoms with Crippen LogP contribution in [0.4, 0.5) is 16.5 Å². The van der Waals surface area contributed by atoms with Crippen LogP contribution in [-0.2, 0) is 4.79 Å². The normalized spacial score (nSPS) is 16.1. The van der Waals surface area contributed by atoms with E-state index >= 15 is 0 Å². The van der Waals surface area contributed by atoms with Gasteiger partial charge in [-0.3, -0.25) is 14.9 Å². The molecule has 0 saturated heterocycles. The van der Waals surface area contributed by atoms with Crippen molar-refractivity contribution in [2.24, 2.45) is 15.3 Å². The molecule has 0 spiro atoms. The van der Waals surface area contributed by atoms with Gasteiger partial charge in [0.2, 0.25) is 5.13 Å². The highest BCUT2D eigenvalue weighted by molar-refractivity contribution is 7.14. The Morgan fingerprint density at radius 3 is 2.52 bits per heavy atom. The quantitative estimate of drug-likeness (QED) is 0.317. The molecule has 1 aromatic heterocycles. The minimum absolute atomic E-state index is 0.0451. The number of nitro groups is 1. The summed E-state index contributed by atoms with van der Waals surface area (Å²) in [6.07, 6.45) is 0. The predicted octanol–water partition coefficient (Wildman–Crippen LogP) is 4.60. The molecule has 10 nitrogen and oxygen atoms in total. The molecule has 1 atom stereocenters. The predicted molar refractivity (Wildman–Crippen MR) is 116 cm³/mol. The van der Waals surface area contributed by atoms with Crippen LogP contribution in [0, 0.1) is 10.1 Å². The van der Waals surface area contributed by atoms with E-state index in [0.29, 0.717) is 16.5 Å². The summed E-state index contributed by atoms with van der Waals surface area (Å²) in [6, 6.07) is 12.2. The molecule has 0 N–H and O–H groups in total. The number of azo groups is 1. The van der Waals surface area contributed by atoms with Gasteiger partial charge in [0, 0.05) is 23.1 Å². The summed E-state index contributed by atoms with van der Waals surface area (Å²) in [5.41, 5.74) is 2.46. The third-order valence-corrected chi connectivity index (χ3v) is 5.32. The summed E-state index contributed by atoms with van der Waals surface area (Å²) in [4.78, 5) is 27.6. The molecule has 1 aliphatic heterocycles. The Hall–Kier alpha value is -3.99. The molecule has 0 saturated carbocycles. The van der Waals surface area contributed by atoms with Gasteiger partial charge < -0.3 is 4.74 Å². The third-order valence-electron chi connectivity index (χ3n) is 4.50. The van der Waals surface area contributed by atoms with Crippen LogP contribution in [0.5, 0.6) is 5.75 Å². The lowest BCUT2D eigenvalue weighted by Crippen LogP contribution is -2.29. The van der Waals surface area contributed by atoms with Crippen LogP contribution < -0.4 is 9.75 Å². The van der Waals surface area contributed by atoms with Gasteiger partial charge in [-0.15, -0.1) is 11.3 Å². The van der Waals surface area contributed by atoms with Crippen LogP contribution in [-0.4, -0.2) is 34.7 Å². The number of nitro benzene ring substituents is 1. The van der Waals surface area contributed by atoms with Crippen LogP contribution in [0.15, 0.2) is 69.2 Å². The van der Waals surface area contributed by atoms with E-state index in [1.807, 2.05) is 29.6 Å². The molecular formula is C20H16N6O4S. The zero-order valence-corrected chi connectivity index (χ0v) is 17.3. The molecule has 0 fully saturated rings. The van der Waals surface area contributed by atoms with Crippen molar-refractivity contribution in [1.29, 1.82) is 0 Å². The average Bonchev–Trinajstić information content (AvgIpc) is 3.37. The molecule has 1 amide bonds. The first-order valence-corrected chi connectivity index (χ1v) is 9.98. The van der Waals surface area contributed by atoms with E-state index < -0.39 is 11.0 Å². The summed E-state index contributed by atoms with van der Waals surface area (Å²) in [5.74, 6) is 0.383. The minimum Gasteiger partial charge on any atom is -0.497 e. The molecule has 4 rings (SSSR count). The van der Waals surface area contributed by atoms with Crippen LogP contribution >= 0.6 is 11.3 Å². The van der Waals surface area contributed by atoms with Crippen molar-refractivity contribution in [3.05, 3.63) is 64.0 Å². The SMILES string of the molecule is COc1ccc(-c2csc(N3N=C(C)C(N=Nc4ccc([N+](=O)[O-])cc4)C3=O)n2)cc1. The van der Waals surface area contributed by atoms with Gasteiger partial charge in [-0.25, -0.2) is 4.98 Å². The standard InChI is InChI=1S/C20H16N6O4S/c1-12-18(23-22-14-5-7-15(8-6-14)26(28)29)19(27)25(24-12)20-21-17(11-31-20)13-3-9-16(30-2)10-4-13/h3-11,18H,1-2H3. The number of benzene rings is 2. The van der Waals surface area contributed by atoms with E-state index in [0.717, 1.165) is 17.0 Å². The molecule has 0 bridgehead atoms. The van der Waals surface area contributed by atoms with Crippen molar-refractivity contribution in [1.82, 2.24) is 4.98 Å². The molecule has 156 valence electrons. The summed E-state index contributed by atoms with van der Waals surface area (Å²) in [6.45, 7) is 1.69. The first kappa shape index (κ1) is 20.3. The summed E-state index contributed by atoms with van der Waals surface area (Å²) in [7, 11) is 1.60. The van der Waals surface area contributed by atoms with E-state index in [1.165, 1.54) is 40.6 Å². The van der Waals surface area contributed by atoms with Crippen LogP contribution in [0.1, 0.15) is 6.92 Å². The van der Waals surface area contributed by atoms with Crippen LogP contribution in [0.3, 0.4) is 0 Å². The lowest BCUT2D eigenvalue weighted by Gasteiger charge is -2.08. The number of anilines is 1. The number of ether oxygens (including phenoxy) is 1. The Morgan fingerprint density at radius 2 is 1.87 bits per heavy atom. The van der Waals surface area contributed by atoms with Crippen molar-refractivity contribution in [3.8, 4) is 17.0 Å². The number of hydrogen-bond donors (Lipinski definition) is 0. The Morgan fingerprint density at radius 1 is 1.16 bits per heavy atom. The topological polar surface area (TPSA) is 123 Å². The number of nitrogens with zero attached hydrogens (tertiary/aromatic N) is 6.